The van der Waals surface area contributed by atoms with Crippen molar-refractivity contribution in [3.05, 3.63) is 303 Å². The van der Waals surface area contributed by atoms with E-state index in [0.717, 1.165) is 117 Å². The molecule has 16 aromatic rings. The Hall–Kier alpha value is -10.6. The Labute approximate surface area is 537 Å². The van der Waals surface area contributed by atoms with Gasteiger partial charge in [0.05, 0.1) is 22.4 Å². The summed E-state index contributed by atoms with van der Waals surface area (Å²) in [7, 11) is 0. The molecule has 0 N–H and O–H groups in total. The molecule has 16 rings (SSSR count). The van der Waals surface area contributed by atoms with Crippen molar-refractivity contribution < 1.29 is 28.9 Å². The van der Waals surface area contributed by atoms with Gasteiger partial charge in [-0.1, -0.05) is 201 Å². The van der Waals surface area contributed by atoms with Gasteiger partial charge in [0, 0.05) is 34.2 Å². The Kier molecular flexibility index (Phi) is 15.6. The van der Waals surface area contributed by atoms with Crippen LogP contribution in [0, 0.1) is 18.2 Å². The molecule has 5 aromatic heterocycles. The van der Waals surface area contributed by atoms with Crippen molar-refractivity contribution in [2.45, 2.75) is 39.5 Å². The van der Waals surface area contributed by atoms with Gasteiger partial charge in [0.25, 0.3) is 0 Å². The number of hydrogen-bond donors (Lipinski definition) is 0. The summed E-state index contributed by atoms with van der Waals surface area (Å²) in [5, 5.41) is 4.44. The fourth-order valence-corrected chi connectivity index (χ4v) is 12.6. The Morgan fingerprint density at radius 1 is 0.400 bits per heavy atom. The number of rotatable bonds is 11. The van der Waals surface area contributed by atoms with Crippen molar-refractivity contribution in [1.82, 2.24) is 19.5 Å². The Bertz CT molecular complexity index is 5080. The van der Waals surface area contributed by atoms with Crippen molar-refractivity contribution in [1.29, 1.82) is 0 Å². The van der Waals surface area contributed by atoms with E-state index in [2.05, 4.69) is 244 Å². The first-order valence-electron chi connectivity index (χ1n) is 30.4. The molecule has 0 aliphatic heterocycles. The summed E-state index contributed by atoms with van der Waals surface area (Å²) in [6.07, 6.45) is 3.78. The van der Waals surface area contributed by atoms with Gasteiger partial charge in [0.2, 0.25) is 0 Å². The Balaban J connectivity index is 0.000000156. The number of pyridine rings is 2. The molecule has 0 spiro atoms. The molecule has 5 heterocycles. The average molecular weight is 1340 g/mol. The fourth-order valence-electron chi connectivity index (χ4n) is 12.6. The van der Waals surface area contributed by atoms with Crippen molar-refractivity contribution in [3.63, 3.8) is 0 Å². The molecule has 0 saturated heterocycles. The molecule has 0 fully saturated rings. The molecule has 0 aliphatic rings. The zero-order chi connectivity index (χ0) is 60.0. The summed E-state index contributed by atoms with van der Waals surface area (Å²) in [4.78, 5) is 14.5. The Morgan fingerprint density at radius 2 is 0.967 bits per heavy atom. The van der Waals surface area contributed by atoms with Crippen LogP contribution in [0.25, 0.3) is 150 Å². The maximum Gasteiger partial charge on any atom is 3.00 e. The number of para-hydroxylation sites is 4. The summed E-state index contributed by atoms with van der Waals surface area (Å²) in [5.74, 6) is 1.32. The van der Waals surface area contributed by atoms with Gasteiger partial charge in [0.1, 0.15) is 16.7 Å². The predicted molar refractivity (Wildman–Crippen MR) is 366 cm³/mol. The molecule has 432 valence electrons. The third-order valence-corrected chi connectivity index (χ3v) is 17.0. The topological polar surface area (TPSA) is 69.9 Å². The van der Waals surface area contributed by atoms with Crippen LogP contribution in [-0.4, -0.2) is 19.5 Å². The first-order valence-corrected chi connectivity index (χ1v) is 30.4. The summed E-state index contributed by atoms with van der Waals surface area (Å²) >= 11 is 0. The summed E-state index contributed by atoms with van der Waals surface area (Å²) < 4.78 is 15.2. The zero-order valence-corrected chi connectivity index (χ0v) is 52.5. The molecule has 0 amide bonds. The van der Waals surface area contributed by atoms with Gasteiger partial charge in [-0.05, 0) is 133 Å². The molecule has 0 atom stereocenters. The standard InChI is InChI=1S/C43H33N2O2.C40H26N2.Ir/c1-25(2)34-22-28(27-20-21-31-29-12-5-9-18-38(29)46-40(31)24-27)23-35(26(3)4)41(34)45-37-17-8-7-16-36(37)44-43(45)33-15-11-14-32-30-13-6-10-19-39(30)47-42(32)33;1-2-12-30(13-3-1)40-26-25-32(28-42-40)34-15-5-7-17-36(34)38-19-9-8-18-37(38)35-16-6-4-14-33(35)29-21-23-31(24-22-29)39-20-10-11-27-41-39;/h5-14,16-26H,1-4H3;1-12,14-23,25-28H;/q-1;-2;+3. The smallest absolute Gasteiger partial charge is 0.501 e. The SMILES string of the molecule is CC(C)c1cc(-c2ccc3c(c2)oc2ccccc23)cc(C(C)C)c1-n1c(-c2[c-]ccc3c2oc2ccccc23)nc2ccccc21.[Ir+3].[c-]1cc(-c2ccccc2-c2ccccc2-c2ccccc2-c2ccc(-c3[c-]cccc3)nc2)ccc1-c1ccccn1. The van der Waals surface area contributed by atoms with Gasteiger partial charge >= 0.3 is 20.1 Å². The summed E-state index contributed by atoms with van der Waals surface area (Å²) in [6.45, 7) is 9.11. The van der Waals surface area contributed by atoms with Crippen molar-refractivity contribution >= 4 is 54.9 Å². The van der Waals surface area contributed by atoms with Gasteiger partial charge in [-0.2, -0.15) is 0 Å². The van der Waals surface area contributed by atoms with Gasteiger partial charge in [-0.25, -0.2) is 0 Å². The molecule has 0 unspecified atom stereocenters. The van der Waals surface area contributed by atoms with E-state index < -0.39 is 0 Å². The van der Waals surface area contributed by atoms with Crippen LogP contribution < -0.4 is 0 Å². The van der Waals surface area contributed by atoms with E-state index in [1.165, 1.54) is 44.6 Å². The number of fused-ring (bicyclic) bond motifs is 7. The predicted octanol–water partition coefficient (Wildman–Crippen LogP) is 22.3. The van der Waals surface area contributed by atoms with Crippen LogP contribution >= 0.6 is 0 Å². The molecule has 7 heteroatoms. The average Bonchev–Trinajstić information content (AvgIpc) is 1.54. The molecular formula is C83H59IrN4O2. The van der Waals surface area contributed by atoms with Crippen LogP contribution in [0.3, 0.4) is 0 Å². The number of hydrogen-bond acceptors (Lipinski definition) is 5. The van der Waals surface area contributed by atoms with Crippen molar-refractivity contribution in [3.8, 4) is 95.2 Å². The number of aromatic nitrogens is 4. The molecular weight excluding hydrogens is 1280 g/mol. The second-order valence-electron chi connectivity index (χ2n) is 23.1. The molecule has 0 saturated carbocycles. The Morgan fingerprint density at radius 3 is 1.61 bits per heavy atom. The minimum absolute atomic E-state index is 0. The van der Waals surface area contributed by atoms with Crippen LogP contribution in [-0.2, 0) is 20.1 Å². The van der Waals surface area contributed by atoms with E-state index in [1.807, 2.05) is 85.2 Å². The molecule has 11 aromatic carbocycles. The van der Waals surface area contributed by atoms with Gasteiger partial charge in [-0.3, -0.25) is 4.98 Å². The van der Waals surface area contributed by atoms with Crippen LogP contribution in [0.15, 0.2) is 282 Å². The molecule has 90 heavy (non-hydrogen) atoms. The van der Waals surface area contributed by atoms with E-state index in [-0.39, 0.29) is 31.9 Å². The number of benzene rings is 11. The number of imidazole rings is 1. The van der Waals surface area contributed by atoms with Gasteiger partial charge < -0.3 is 23.4 Å². The van der Waals surface area contributed by atoms with E-state index >= 15 is 0 Å². The molecule has 0 aliphatic carbocycles. The largest absolute Gasteiger partial charge is 3.00 e. The number of nitrogens with zero attached hydrogens (tertiary/aromatic N) is 4. The minimum atomic E-state index is 0. The van der Waals surface area contributed by atoms with E-state index in [0.29, 0.717) is 0 Å². The zero-order valence-electron chi connectivity index (χ0n) is 50.1. The monoisotopic (exact) mass is 1340 g/mol. The maximum absolute atomic E-state index is 6.52. The van der Waals surface area contributed by atoms with Crippen LogP contribution in [0.2, 0.25) is 0 Å². The third-order valence-electron chi connectivity index (χ3n) is 17.0. The minimum Gasteiger partial charge on any atom is -0.501 e. The first kappa shape index (κ1) is 57.2. The van der Waals surface area contributed by atoms with E-state index in [9.17, 15) is 0 Å². The van der Waals surface area contributed by atoms with Crippen molar-refractivity contribution in [2.24, 2.45) is 0 Å². The van der Waals surface area contributed by atoms with Crippen LogP contribution in [0.5, 0.6) is 0 Å². The molecule has 0 bridgehead atoms. The van der Waals surface area contributed by atoms with Crippen LogP contribution in [0.1, 0.15) is 50.7 Å². The van der Waals surface area contributed by atoms with Crippen molar-refractivity contribution in [2.75, 3.05) is 0 Å². The summed E-state index contributed by atoms with van der Waals surface area (Å²) in [6, 6.07) is 101. The first-order chi connectivity index (χ1) is 43.8. The fraction of sp³-hybridized carbons (Fsp3) is 0.0723. The van der Waals surface area contributed by atoms with E-state index in [1.54, 1.807) is 0 Å². The molecule has 6 nitrogen and oxygen atoms in total. The number of furan rings is 2. The van der Waals surface area contributed by atoms with Gasteiger partial charge in [-0.15, -0.1) is 83.9 Å². The second-order valence-corrected chi connectivity index (χ2v) is 23.1. The normalized spacial score (nSPS) is 11.4. The quantitative estimate of drug-likeness (QED) is 0.121. The second kappa shape index (κ2) is 24.5. The third kappa shape index (κ3) is 10.6. The van der Waals surface area contributed by atoms with E-state index in [4.69, 9.17) is 18.8 Å². The summed E-state index contributed by atoms with van der Waals surface area (Å²) in [5.41, 5.74) is 25.4. The molecule has 0 radical (unpaired) electrons. The maximum atomic E-state index is 6.52. The van der Waals surface area contributed by atoms with Crippen LogP contribution in [0.4, 0.5) is 0 Å². The van der Waals surface area contributed by atoms with Gasteiger partial charge in [0.15, 0.2) is 0 Å².